The lowest BCUT2D eigenvalue weighted by atomic mass is 10.1. The first-order chi connectivity index (χ1) is 14.1. The smallest absolute Gasteiger partial charge is 0.251 e. The van der Waals surface area contributed by atoms with Gasteiger partial charge in [-0.1, -0.05) is 59.6 Å². The molecule has 0 atom stereocenters. The van der Waals surface area contributed by atoms with Crippen molar-refractivity contribution in [3.05, 3.63) is 99.5 Å². The Bertz CT molecular complexity index is 933. The lowest BCUT2D eigenvalue weighted by Gasteiger charge is -2.07. The number of carbonyl (C=O) groups excluding carboxylic acids is 1. The van der Waals surface area contributed by atoms with Gasteiger partial charge in [0.15, 0.2) is 0 Å². The molecule has 150 valence electrons. The van der Waals surface area contributed by atoms with Crippen LogP contribution >= 0.6 is 46.7 Å². The average molecular weight is 462 g/mol. The predicted octanol–water partition coefficient (Wildman–Crippen LogP) is 6.95. The molecule has 3 aromatic carbocycles. The third-order valence-corrected chi connectivity index (χ3v) is 7.00. The van der Waals surface area contributed by atoms with Crippen molar-refractivity contribution in [2.75, 3.05) is 12.3 Å². The molecule has 29 heavy (non-hydrogen) atoms. The Hall–Kier alpha value is -1.59. The number of nitrogens with one attached hydrogen (secondary N) is 1. The highest BCUT2D eigenvalue weighted by molar-refractivity contribution is 7.98. The van der Waals surface area contributed by atoms with Crippen LogP contribution in [0.5, 0.6) is 0 Å². The van der Waals surface area contributed by atoms with Gasteiger partial charge in [-0.15, -0.1) is 11.8 Å². The molecule has 0 aromatic heterocycles. The maximum Gasteiger partial charge on any atom is 0.251 e. The molecule has 0 aliphatic heterocycles. The van der Waals surface area contributed by atoms with Crippen LogP contribution in [0.15, 0.2) is 77.7 Å². The summed E-state index contributed by atoms with van der Waals surface area (Å²) in [7, 11) is 0. The minimum absolute atomic E-state index is 0.0394. The fraction of sp³-hybridized carbons (Fsp3) is 0.174. The van der Waals surface area contributed by atoms with Gasteiger partial charge in [0, 0.05) is 34.3 Å². The summed E-state index contributed by atoms with van der Waals surface area (Å²) in [5.41, 5.74) is 3.01. The molecule has 2 nitrogen and oxygen atoms in total. The summed E-state index contributed by atoms with van der Waals surface area (Å²) in [4.78, 5) is 13.5. The first-order valence-electron chi connectivity index (χ1n) is 9.18. The van der Waals surface area contributed by atoms with E-state index in [4.69, 9.17) is 23.2 Å². The molecule has 0 saturated carbocycles. The Morgan fingerprint density at radius 1 is 0.828 bits per heavy atom. The van der Waals surface area contributed by atoms with E-state index in [0.29, 0.717) is 22.2 Å². The van der Waals surface area contributed by atoms with Gasteiger partial charge in [0.2, 0.25) is 0 Å². The number of hydrogen-bond donors (Lipinski definition) is 1. The average Bonchev–Trinajstić information content (AvgIpc) is 2.75. The van der Waals surface area contributed by atoms with E-state index in [1.165, 1.54) is 10.5 Å². The van der Waals surface area contributed by atoms with Crippen LogP contribution in [0.3, 0.4) is 0 Å². The second-order valence-electron chi connectivity index (χ2n) is 6.36. The monoisotopic (exact) mass is 461 g/mol. The summed E-state index contributed by atoms with van der Waals surface area (Å²) in [6.07, 6.45) is 0. The molecule has 6 heteroatoms. The van der Waals surface area contributed by atoms with Crippen molar-refractivity contribution in [1.82, 2.24) is 5.32 Å². The van der Waals surface area contributed by atoms with Crippen LogP contribution in [0.4, 0.5) is 0 Å². The summed E-state index contributed by atoms with van der Waals surface area (Å²) in [5, 5.41) is 4.11. The van der Waals surface area contributed by atoms with Crippen LogP contribution < -0.4 is 5.32 Å². The van der Waals surface area contributed by atoms with Crippen molar-refractivity contribution in [3.63, 3.8) is 0 Å². The van der Waals surface area contributed by atoms with Gasteiger partial charge in [0.1, 0.15) is 0 Å². The van der Waals surface area contributed by atoms with Gasteiger partial charge in [-0.25, -0.2) is 0 Å². The van der Waals surface area contributed by atoms with E-state index in [-0.39, 0.29) is 5.91 Å². The van der Waals surface area contributed by atoms with Crippen molar-refractivity contribution in [3.8, 4) is 0 Å². The fourth-order valence-corrected chi connectivity index (χ4v) is 4.60. The van der Waals surface area contributed by atoms with Gasteiger partial charge in [0.05, 0.1) is 10.0 Å². The Kier molecular flexibility index (Phi) is 8.81. The van der Waals surface area contributed by atoms with Crippen LogP contribution in [-0.2, 0) is 11.5 Å². The molecule has 0 radical (unpaired) electrons. The normalized spacial score (nSPS) is 10.7. The Balaban J connectivity index is 1.37. The molecule has 0 heterocycles. The van der Waals surface area contributed by atoms with Crippen LogP contribution in [0.25, 0.3) is 0 Å². The van der Waals surface area contributed by atoms with Gasteiger partial charge in [0.25, 0.3) is 5.91 Å². The second kappa shape index (κ2) is 11.6. The Morgan fingerprint density at radius 3 is 2.28 bits per heavy atom. The summed E-state index contributed by atoms with van der Waals surface area (Å²) >= 11 is 15.5. The van der Waals surface area contributed by atoms with E-state index in [2.05, 4.69) is 17.4 Å². The van der Waals surface area contributed by atoms with Crippen molar-refractivity contribution in [1.29, 1.82) is 0 Å². The predicted molar refractivity (Wildman–Crippen MR) is 127 cm³/mol. The van der Waals surface area contributed by atoms with Crippen molar-refractivity contribution < 1.29 is 4.79 Å². The number of rotatable bonds is 9. The number of amides is 1. The van der Waals surface area contributed by atoms with Gasteiger partial charge < -0.3 is 5.32 Å². The SMILES string of the molecule is O=C(NCCSCc1ccc(Cl)c(Cl)c1)c1ccc(CSc2ccccc2)cc1. The molecule has 0 aliphatic carbocycles. The second-order valence-corrected chi connectivity index (χ2v) is 9.32. The number of carbonyl (C=O) groups is 1. The first kappa shape index (κ1) is 22.1. The lowest BCUT2D eigenvalue weighted by molar-refractivity contribution is 0.0956. The largest absolute Gasteiger partial charge is 0.351 e. The van der Waals surface area contributed by atoms with E-state index >= 15 is 0 Å². The molecular formula is C23H21Cl2NOS2. The van der Waals surface area contributed by atoms with E-state index in [1.54, 1.807) is 23.5 Å². The fourth-order valence-electron chi connectivity index (χ4n) is 2.59. The quantitative estimate of drug-likeness (QED) is 0.276. The van der Waals surface area contributed by atoms with Gasteiger partial charge >= 0.3 is 0 Å². The Morgan fingerprint density at radius 2 is 1.55 bits per heavy atom. The van der Waals surface area contributed by atoms with Crippen LogP contribution in [0.1, 0.15) is 21.5 Å². The molecule has 0 spiro atoms. The van der Waals surface area contributed by atoms with Gasteiger partial charge in [-0.3, -0.25) is 4.79 Å². The molecule has 3 aromatic rings. The van der Waals surface area contributed by atoms with Crippen LogP contribution in [0.2, 0.25) is 10.0 Å². The molecule has 0 unspecified atom stereocenters. The summed E-state index contributed by atoms with van der Waals surface area (Å²) < 4.78 is 0. The zero-order valence-corrected chi connectivity index (χ0v) is 18.9. The number of hydrogen-bond acceptors (Lipinski definition) is 3. The minimum Gasteiger partial charge on any atom is -0.351 e. The van der Waals surface area contributed by atoms with E-state index in [9.17, 15) is 4.79 Å². The number of halogens is 2. The summed E-state index contributed by atoms with van der Waals surface area (Å²) in [6, 6.07) is 23.8. The zero-order chi connectivity index (χ0) is 20.5. The highest BCUT2D eigenvalue weighted by atomic mass is 35.5. The molecule has 3 rings (SSSR count). The van der Waals surface area contributed by atoms with Crippen LogP contribution in [-0.4, -0.2) is 18.2 Å². The molecular weight excluding hydrogens is 441 g/mol. The van der Waals surface area contributed by atoms with Gasteiger partial charge in [-0.05, 0) is 47.5 Å². The molecule has 0 bridgehead atoms. The lowest BCUT2D eigenvalue weighted by Crippen LogP contribution is -2.25. The van der Waals surface area contributed by atoms with E-state index in [1.807, 2.05) is 60.7 Å². The standard InChI is InChI=1S/C23H21Cl2NOS2/c24-21-11-8-18(14-22(21)25)15-28-13-12-26-23(27)19-9-6-17(7-10-19)16-29-20-4-2-1-3-5-20/h1-11,14H,12-13,15-16H2,(H,26,27). The highest BCUT2D eigenvalue weighted by Crippen LogP contribution is 2.25. The molecule has 0 fully saturated rings. The van der Waals surface area contributed by atoms with Crippen molar-refractivity contribution in [2.24, 2.45) is 0 Å². The third kappa shape index (κ3) is 7.31. The molecule has 1 amide bonds. The number of benzene rings is 3. The van der Waals surface area contributed by atoms with E-state index in [0.717, 1.165) is 22.8 Å². The summed E-state index contributed by atoms with van der Waals surface area (Å²) in [6.45, 7) is 0.621. The van der Waals surface area contributed by atoms with Crippen LogP contribution in [0, 0.1) is 0 Å². The topological polar surface area (TPSA) is 29.1 Å². The minimum atomic E-state index is -0.0394. The first-order valence-corrected chi connectivity index (χ1v) is 12.1. The maximum absolute atomic E-state index is 12.3. The highest BCUT2D eigenvalue weighted by Gasteiger charge is 2.05. The zero-order valence-electron chi connectivity index (χ0n) is 15.7. The molecule has 1 N–H and O–H groups in total. The Labute approximate surface area is 190 Å². The van der Waals surface area contributed by atoms with Crippen molar-refractivity contribution >= 4 is 52.6 Å². The maximum atomic E-state index is 12.3. The van der Waals surface area contributed by atoms with E-state index < -0.39 is 0 Å². The van der Waals surface area contributed by atoms with Crippen molar-refractivity contribution in [2.45, 2.75) is 16.4 Å². The number of thioether (sulfide) groups is 2. The summed E-state index contributed by atoms with van der Waals surface area (Å²) in [5.74, 6) is 2.51. The molecule has 0 aliphatic rings. The van der Waals surface area contributed by atoms with Gasteiger partial charge in [-0.2, -0.15) is 11.8 Å². The molecule has 0 saturated heterocycles. The third-order valence-electron chi connectivity index (χ3n) is 4.15.